The van der Waals surface area contributed by atoms with Gasteiger partial charge >= 0.3 is 0 Å². The van der Waals surface area contributed by atoms with Gasteiger partial charge in [0.05, 0.1) is 0 Å². The van der Waals surface area contributed by atoms with Crippen LogP contribution in [0.2, 0.25) is 0 Å². The summed E-state index contributed by atoms with van der Waals surface area (Å²) in [4.78, 5) is 4.32. The minimum absolute atomic E-state index is 1.02. The van der Waals surface area contributed by atoms with Crippen molar-refractivity contribution in [1.29, 1.82) is 0 Å². The van der Waals surface area contributed by atoms with E-state index in [9.17, 15) is 0 Å². The number of benzene rings is 1. The monoisotopic (exact) mass is 221 g/mol. The molecule has 0 radical (unpaired) electrons. The van der Waals surface area contributed by atoms with Gasteiger partial charge in [0.25, 0.3) is 0 Å². The highest BCUT2D eigenvalue weighted by Crippen LogP contribution is 2.16. The largest absolute Gasteiger partial charge is 0.385 e. The molecule has 90 valence electrons. The Balaban J connectivity index is 2.39. The minimum Gasteiger partial charge on any atom is -0.385 e. The molecule has 1 aromatic carbocycles. The van der Waals surface area contributed by atoms with E-state index in [1.54, 1.807) is 0 Å². The lowest BCUT2D eigenvalue weighted by molar-refractivity contribution is 0.405. The van der Waals surface area contributed by atoms with E-state index in [1.165, 1.54) is 17.8 Å². The lowest BCUT2D eigenvalue weighted by atomic mass is 10.2. The molecular weight excluding hydrogens is 198 g/mol. The van der Waals surface area contributed by atoms with Crippen molar-refractivity contribution in [2.24, 2.45) is 0 Å². The summed E-state index contributed by atoms with van der Waals surface area (Å²) >= 11 is 0. The number of hydrogen-bond acceptors (Lipinski definition) is 3. The SMILES string of the molecule is CN(C)CCCNc1cccc(N(C)C)c1. The second kappa shape index (κ2) is 6.38. The summed E-state index contributed by atoms with van der Waals surface area (Å²) in [6.07, 6.45) is 1.17. The van der Waals surface area contributed by atoms with Gasteiger partial charge in [0.2, 0.25) is 0 Å². The first kappa shape index (κ1) is 12.8. The van der Waals surface area contributed by atoms with E-state index in [1.807, 2.05) is 0 Å². The average Bonchev–Trinajstić information content (AvgIpc) is 2.24. The van der Waals surface area contributed by atoms with Crippen LogP contribution in [0, 0.1) is 0 Å². The summed E-state index contributed by atoms with van der Waals surface area (Å²) in [6, 6.07) is 8.49. The molecule has 0 aliphatic heterocycles. The second-order valence-electron chi connectivity index (χ2n) is 4.53. The van der Waals surface area contributed by atoms with Crippen molar-refractivity contribution < 1.29 is 0 Å². The molecule has 0 atom stereocenters. The van der Waals surface area contributed by atoms with Crippen LogP contribution >= 0.6 is 0 Å². The molecule has 0 aromatic heterocycles. The molecule has 0 aliphatic carbocycles. The van der Waals surface area contributed by atoms with E-state index in [2.05, 4.69) is 67.6 Å². The van der Waals surface area contributed by atoms with Crippen LogP contribution in [0.25, 0.3) is 0 Å². The first-order valence-corrected chi connectivity index (χ1v) is 5.75. The molecule has 1 rings (SSSR count). The normalized spacial score (nSPS) is 10.6. The molecule has 3 heteroatoms. The molecule has 0 spiro atoms. The Hall–Kier alpha value is -1.22. The molecule has 0 heterocycles. The first-order chi connectivity index (χ1) is 7.59. The molecule has 16 heavy (non-hydrogen) atoms. The summed E-state index contributed by atoms with van der Waals surface area (Å²) in [7, 11) is 8.33. The third kappa shape index (κ3) is 4.53. The number of nitrogens with zero attached hydrogens (tertiary/aromatic N) is 2. The van der Waals surface area contributed by atoms with Gasteiger partial charge in [0.15, 0.2) is 0 Å². The summed E-state index contributed by atoms with van der Waals surface area (Å²) < 4.78 is 0. The Bertz CT molecular complexity index is 308. The highest BCUT2D eigenvalue weighted by atomic mass is 15.1. The topological polar surface area (TPSA) is 18.5 Å². The number of anilines is 2. The van der Waals surface area contributed by atoms with E-state index >= 15 is 0 Å². The van der Waals surface area contributed by atoms with Crippen LogP contribution in [0.1, 0.15) is 6.42 Å². The van der Waals surface area contributed by atoms with E-state index in [0.717, 1.165) is 13.1 Å². The zero-order chi connectivity index (χ0) is 12.0. The number of hydrogen-bond donors (Lipinski definition) is 1. The predicted octanol–water partition coefficient (Wildman–Crippen LogP) is 2.12. The smallest absolute Gasteiger partial charge is 0.0381 e. The lowest BCUT2D eigenvalue weighted by Crippen LogP contribution is -2.16. The van der Waals surface area contributed by atoms with Crippen molar-refractivity contribution >= 4 is 11.4 Å². The van der Waals surface area contributed by atoms with E-state index < -0.39 is 0 Å². The van der Waals surface area contributed by atoms with Gasteiger partial charge in [-0.15, -0.1) is 0 Å². The van der Waals surface area contributed by atoms with Crippen LogP contribution in [0.5, 0.6) is 0 Å². The van der Waals surface area contributed by atoms with Gasteiger partial charge in [0.1, 0.15) is 0 Å². The third-order valence-electron chi connectivity index (χ3n) is 2.47. The molecule has 0 saturated carbocycles. The van der Waals surface area contributed by atoms with Crippen LogP contribution in [0.15, 0.2) is 24.3 Å². The second-order valence-corrected chi connectivity index (χ2v) is 4.53. The number of rotatable bonds is 6. The zero-order valence-corrected chi connectivity index (χ0v) is 10.8. The van der Waals surface area contributed by atoms with Gasteiger partial charge < -0.3 is 15.1 Å². The van der Waals surface area contributed by atoms with Crippen LogP contribution in [0.4, 0.5) is 11.4 Å². The van der Waals surface area contributed by atoms with Gasteiger partial charge in [-0.25, -0.2) is 0 Å². The Morgan fingerprint density at radius 3 is 2.50 bits per heavy atom. The van der Waals surface area contributed by atoms with Gasteiger partial charge in [-0.05, 0) is 45.3 Å². The molecule has 1 N–H and O–H groups in total. The summed E-state index contributed by atoms with van der Waals surface area (Å²) in [5.74, 6) is 0. The quantitative estimate of drug-likeness (QED) is 0.742. The summed E-state index contributed by atoms with van der Waals surface area (Å²) in [5.41, 5.74) is 2.43. The van der Waals surface area contributed by atoms with Crippen molar-refractivity contribution in [2.75, 3.05) is 51.5 Å². The van der Waals surface area contributed by atoms with Crippen LogP contribution < -0.4 is 10.2 Å². The maximum absolute atomic E-state index is 3.44. The van der Waals surface area contributed by atoms with E-state index in [-0.39, 0.29) is 0 Å². The van der Waals surface area contributed by atoms with Crippen molar-refractivity contribution in [2.45, 2.75) is 6.42 Å². The van der Waals surface area contributed by atoms with Gasteiger partial charge in [-0.2, -0.15) is 0 Å². The fourth-order valence-electron chi connectivity index (χ4n) is 1.52. The molecule has 0 bridgehead atoms. The molecule has 0 aliphatic rings. The summed E-state index contributed by atoms with van der Waals surface area (Å²) in [6.45, 7) is 2.15. The lowest BCUT2D eigenvalue weighted by Gasteiger charge is -2.15. The third-order valence-corrected chi connectivity index (χ3v) is 2.47. The Morgan fingerprint density at radius 1 is 1.12 bits per heavy atom. The van der Waals surface area contributed by atoms with Crippen molar-refractivity contribution in [1.82, 2.24) is 4.90 Å². The molecular formula is C13H23N3. The van der Waals surface area contributed by atoms with Crippen molar-refractivity contribution in [3.05, 3.63) is 24.3 Å². The van der Waals surface area contributed by atoms with Crippen molar-refractivity contribution in [3.8, 4) is 0 Å². The maximum Gasteiger partial charge on any atom is 0.0381 e. The maximum atomic E-state index is 3.44. The predicted molar refractivity (Wildman–Crippen MR) is 72.4 cm³/mol. The molecule has 3 nitrogen and oxygen atoms in total. The molecule has 1 aromatic rings. The average molecular weight is 221 g/mol. The molecule has 0 amide bonds. The standard InChI is InChI=1S/C13H23N3/c1-15(2)10-6-9-14-12-7-5-8-13(11-12)16(3)4/h5,7-8,11,14H,6,9-10H2,1-4H3. The van der Waals surface area contributed by atoms with Gasteiger partial charge in [-0.3, -0.25) is 0 Å². The Labute approximate surface area is 99.1 Å². The van der Waals surface area contributed by atoms with Crippen LogP contribution in [0.3, 0.4) is 0 Å². The first-order valence-electron chi connectivity index (χ1n) is 5.75. The zero-order valence-electron chi connectivity index (χ0n) is 10.8. The number of nitrogens with one attached hydrogen (secondary N) is 1. The fraction of sp³-hybridized carbons (Fsp3) is 0.538. The fourth-order valence-corrected chi connectivity index (χ4v) is 1.52. The summed E-state index contributed by atoms with van der Waals surface area (Å²) in [5, 5.41) is 3.44. The van der Waals surface area contributed by atoms with E-state index in [0.29, 0.717) is 0 Å². The van der Waals surface area contributed by atoms with Gasteiger partial charge in [0, 0.05) is 32.0 Å². The van der Waals surface area contributed by atoms with Crippen LogP contribution in [-0.2, 0) is 0 Å². The molecule has 0 unspecified atom stereocenters. The van der Waals surface area contributed by atoms with Crippen LogP contribution in [-0.4, -0.2) is 46.2 Å². The Kier molecular flexibility index (Phi) is 5.12. The molecule has 0 fully saturated rings. The highest BCUT2D eigenvalue weighted by Gasteiger charge is 1.97. The molecule has 0 saturated heterocycles. The van der Waals surface area contributed by atoms with Crippen molar-refractivity contribution in [3.63, 3.8) is 0 Å². The minimum atomic E-state index is 1.02. The van der Waals surface area contributed by atoms with E-state index in [4.69, 9.17) is 0 Å². The highest BCUT2D eigenvalue weighted by molar-refractivity contribution is 5.57. The Morgan fingerprint density at radius 2 is 1.88 bits per heavy atom. The van der Waals surface area contributed by atoms with Gasteiger partial charge in [-0.1, -0.05) is 6.07 Å².